The van der Waals surface area contributed by atoms with Crippen LogP contribution in [0.5, 0.6) is 0 Å². The lowest BCUT2D eigenvalue weighted by atomic mass is 10.1. The van der Waals surface area contributed by atoms with Crippen LogP contribution in [0.3, 0.4) is 0 Å². The summed E-state index contributed by atoms with van der Waals surface area (Å²) in [6.07, 6.45) is -0.174. The summed E-state index contributed by atoms with van der Waals surface area (Å²) >= 11 is 0. The maximum atomic E-state index is 12.2. The highest BCUT2D eigenvalue weighted by molar-refractivity contribution is 7.91. The molecule has 1 atom stereocenters. The smallest absolute Gasteiger partial charge is 0.412 e. The van der Waals surface area contributed by atoms with E-state index in [-0.39, 0.29) is 29.4 Å². The zero-order valence-electron chi connectivity index (χ0n) is 16.1. The second kappa shape index (κ2) is 8.59. The Balaban J connectivity index is 1.85. The molecular formula is C18H25N3O6S. The van der Waals surface area contributed by atoms with Crippen LogP contribution >= 0.6 is 0 Å². The molecule has 0 saturated carbocycles. The highest BCUT2D eigenvalue weighted by Crippen LogP contribution is 2.21. The summed E-state index contributed by atoms with van der Waals surface area (Å²) in [7, 11) is -3.05. The lowest BCUT2D eigenvalue weighted by Gasteiger charge is -2.19. The first-order valence-corrected chi connectivity index (χ1v) is 10.7. The molecule has 0 unspecified atom stereocenters. The van der Waals surface area contributed by atoms with Gasteiger partial charge in [-0.05, 0) is 51.3 Å². The van der Waals surface area contributed by atoms with Gasteiger partial charge in [-0.25, -0.2) is 13.2 Å². The second-order valence-electron chi connectivity index (χ2n) is 7.68. The molecule has 1 fully saturated rings. The molecule has 154 valence electrons. The minimum absolute atomic E-state index is 0.00720. The maximum absolute atomic E-state index is 12.2. The third-order valence-electron chi connectivity index (χ3n) is 3.89. The van der Waals surface area contributed by atoms with Crippen LogP contribution in [0.25, 0.3) is 0 Å². The van der Waals surface area contributed by atoms with Crippen molar-refractivity contribution < 1.29 is 27.5 Å². The Morgan fingerprint density at radius 3 is 2.50 bits per heavy atom. The summed E-state index contributed by atoms with van der Waals surface area (Å²) in [5, 5.41) is 2.53. The third-order valence-corrected chi connectivity index (χ3v) is 5.72. The average molecular weight is 411 g/mol. The van der Waals surface area contributed by atoms with Crippen molar-refractivity contribution in [1.29, 1.82) is 0 Å². The van der Waals surface area contributed by atoms with Crippen molar-refractivity contribution in [2.45, 2.75) is 39.2 Å². The molecular weight excluding hydrogens is 386 g/mol. The number of hydrazine groups is 1. The predicted octanol–water partition coefficient (Wildman–Crippen LogP) is 1.62. The Kier molecular flexibility index (Phi) is 6.65. The minimum Gasteiger partial charge on any atom is -0.444 e. The highest BCUT2D eigenvalue weighted by atomic mass is 32.2. The standard InChI is InChI=1S/C18H25N3O6S/c1-18(2,3)27-17(24)19-14-6-4-5-13(10-14)16(23)21-20-15(22)9-12-7-8-28(25,26)11-12/h4-6,10,12H,7-9,11H2,1-3H3,(H,19,24)(H,20,22)(H,21,23)/t12-/m1/s1. The number of anilines is 1. The minimum atomic E-state index is -3.05. The average Bonchev–Trinajstić information content (AvgIpc) is 2.89. The normalized spacial score (nSPS) is 18.2. The molecule has 1 heterocycles. The quantitative estimate of drug-likeness (QED) is 0.645. The third kappa shape index (κ3) is 7.18. The molecule has 1 aromatic rings. The molecule has 0 spiro atoms. The van der Waals surface area contributed by atoms with E-state index in [9.17, 15) is 22.8 Å². The number of carbonyl (C=O) groups is 3. The number of amides is 3. The lowest BCUT2D eigenvalue weighted by Crippen LogP contribution is -2.42. The summed E-state index contributed by atoms with van der Waals surface area (Å²) in [4.78, 5) is 35.9. The molecule has 0 aromatic heterocycles. The molecule has 1 aliphatic rings. The van der Waals surface area contributed by atoms with Gasteiger partial charge < -0.3 is 4.74 Å². The second-order valence-corrected chi connectivity index (χ2v) is 9.91. The van der Waals surface area contributed by atoms with Gasteiger partial charge in [-0.1, -0.05) is 6.07 Å². The van der Waals surface area contributed by atoms with Gasteiger partial charge in [0.15, 0.2) is 9.84 Å². The van der Waals surface area contributed by atoms with Gasteiger partial charge in [-0.3, -0.25) is 25.8 Å². The van der Waals surface area contributed by atoms with Gasteiger partial charge >= 0.3 is 6.09 Å². The molecule has 10 heteroatoms. The van der Waals surface area contributed by atoms with Gasteiger partial charge in [-0.15, -0.1) is 0 Å². The first kappa shape index (κ1) is 21.7. The molecule has 28 heavy (non-hydrogen) atoms. The van der Waals surface area contributed by atoms with E-state index >= 15 is 0 Å². The molecule has 0 aliphatic carbocycles. The number of benzene rings is 1. The van der Waals surface area contributed by atoms with Gasteiger partial charge in [0.05, 0.1) is 11.5 Å². The van der Waals surface area contributed by atoms with Gasteiger partial charge in [-0.2, -0.15) is 0 Å². The van der Waals surface area contributed by atoms with Gasteiger partial charge in [0.2, 0.25) is 5.91 Å². The van der Waals surface area contributed by atoms with Gasteiger partial charge in [0, 0.05) is 17.7 Å². The first-order chi connectivity index (χ1) is 12.9. The first-order valence-electron chi connectivity index (χ1n) is 8.83. The van der Waals surface area contributed by atoms with Crippen LogP contribution in [0, 0.1) is 5.92 Å². The zero-order chi connectivity index (χ0) is 20.9. The Hall–Kier alpha value is -2.62. The number of ether oxygens (including phenoxy) is 1. The highest BCUT2D eigenvalue weighted by Gasteiger charge is 2.29. The Morgan fingerprint density at radius 1 is 1.18 bits per heavy atom. The van der Waals surface area contributed by atoms with E-state index in [0.717, 1.165) is 0 Å². The van der Waals surface area contributed by atoms with Gasteiger partial charge in [0.1, 0.15) is 5.60 Å². The fourth-order valence-electron chi connectivity index (χ4n) is 2.70. The van der Waals surface area contributed by atoms with Crippen molar-refractivity contribution in [2.75, 3.05) is 16.8 Å². The van der Waals surface area contributed by atoms with Crippen LogP contribution in [0.15, 0.2) is 24.3 Å². The summed E-state index contributed by atoms with van der Waals surface area (Å²) in [6.45, 7) is 5.21. The Morgan fingerprint density at radius 2 is 1.89 bits per heavy atom. The fraction of sp³-hybridized carbons (Fsp3) is 0.500. The van der Waals surface area contributed by atoms with Crippen molar-refractivity contribution in [3.63, 3.8) is 0 Å². The molecule has 0 radical (unpaired) electrons. The molecule has 3 N–H and O–H groups in total. The van der Waals surface area contributed by atoms with Crippen LogP contribution in [-0.2, 0) is 19.4 Å². The van der Waals surface area contributed by atoms with E-state index in [2.05, 4.69) is 16.2 Å². The monoisotopic (exact) mass is 411 g/mol. The molecule has 0 bridgehead atoms. The maximum Gasteiger partial charge on any atom is 0.412 e. The van der Waals surface area contributed by atoms with Crippen molar-refractivity contribution in [3.8, 4) is 0 Å². The predicted molar refractivity (Wildman–Crippen MR) is 103 cm³/mol. The SMILES string of the molecule is CC(C)(C)OC(=O)Nc1cccc(C(=O)NNC(=O)C[C@H]2CCS(=O)(=O)C2)c1. The number of carbonyl (C=O) groups excluding carboxylic acids is 3. The fourth-order valence-corrected chi connectivity index (χ4v) is 4.57. The van der Waals surface area contributed by atoms with Crippen molar-refractivity contribution in [1.82, 2.24) is 10.9 Å². The Bertz CT molecular complexity index is 860. The molecule has 1 saturated heterocycles. The molecule has 2 rings (SSSR count). The number of hydrogen-bond donors (Lipinski definition) is 3. The van der Waals surface area contributed by atoms with E-state index in [4.69, 9.17) is 4.74 Å². The van der Waals surface area contributed by atoms with E-state index in [1.807, 2.05) is 0 Å². The van der Waals surface area contributed by atoms with E-state index in [1.165, 1.54) is 12.1 Å². The van der Waals surface area contributed by atoms with Crippen LogP contribution < -0.4 is 16.2 Å². The van der Waals surface area contributed by atoms with Crippen LogP contribution in [0.1, 0.15) is 44.0 Å². The summed E-state index contributed by atoms with van der Waals surface area (Å²) in [6, 6.07) is 6.13. The van der Waals surface area contributed by atoms with E-state index < -0.39 is 33.3 Å². The van der Waals surface area contributed by atoms with E-state index in [1.54, 1.807) is 32.9 Å². The molecule has 9 nitrogen and oxygen atoms in total. The lowest BCUT2D eigenvalue weighted by molar-refractivity contribution is -0.122. The summed E-state index contributed by atoms with van der Waals surface area (Å²) in [5.41, 5.74) is 4.50. The molecule has 3 amide bonds. The number of sulfone groups is 1. The van der Waals surface area contributed by atoms with Crippen molar-refractivity contribution >= 4 is 33.4 Å². The summed E-state index contributed by atoms with van der Waals surface area (Å²) in [5.74, 6) is -1.18. The number of hydrogen-bond acceptors (Lipinski definition) is 6. The number of rotatable bonds is 4. The van der Waals surface area contributed by atoms with Crippen LogP contribution in [0.4, 0.5) is 10.5 Å². The topological polar surface area (TPSA) is 131 Å². The van der Waals surface area contributed by atoms with Crippen molar-refractivity contribution in [2.24, 2.45) is 5.92 Å². The van der Waals surface area contributed by atoms with Crippen LogP contribution in [-0.4, -0.2) is 43.4 Å². The van der Waals surface area contributed by atoms with E-state index in [0.29, 0.717) is 12.1 Å². The zero-order valence-corrected chi connectivity index (χ0v) is 16.9. The number of nitrogens with one attached hydrogen (secondary N) is 3. The largest absolute Gasteiger partial charge is 0.444 e. The van der Waals surface area contributed by atoms with Crippen molar-refractivity contribution in [3.05, 3.63) is 29.8 Å². The molecule has 1 aliphatic heterocycles. The Labute approximate surface area is 164 Å². The van der Waals surface area contributed by atoms with Crippen LogP contribution in [0.2, 0.25) is 0 Å². The summed E-state index contributed by atoms with van der Waals surface area (Å²) < 4.78 is 28.0. The molecule has 1 aromatic carbocycles. The van der Waals surface area contributed by atoms with Gasteiger partial charge in [0.25, 0.3) is 5.91 Å².